The Morgan fingerprint density at radius 3 is 2.54 bits per heavy atom. The lowest BCUT2D eigenvalue weighted by atomic mass is 10.1. The van der Waals surface area contributed by atoms with Gasteiger partial charge >= 0.3 is 0 Å². The maximum Gasteiger partial charge on any atom is 0.258 e. The summed E-state index contributed by atoms with van der Waals surface area (Å²) in [7, 11) is -2.48. The van der Waals surface area contributed by atoms with Gasteiger partial charge in [-0.1, -0.05) is 24.3 Å². The molecule has 0 saturated carbocycles. The fourth-order valence-corrected chi connectivity index (χ4v) is 5.80. The molecule has 7 nitrogen and oxygen atoms in total. The molecule has 3 aromatic carbocycles. The number of carbonyl (C=O) groups is 1. The van der Waals surface area contributed by atoms with Gasteiger partial charge in [-0.25, -0.2) is 12.8 Å². The Balaban J connectivity index is 1.55. The van der Waals surface area contributed by atoms with Crippen molar-refractivity contribution in [2.24, 2.45) is 0 Å². The van der Waals surface area contributed by atoms with Crippen molar-refractivity contribution in [3.05, 3.63) is 83.7 Å². The molecule has 1 saturated heterocycles. The first-order chi connectivity index (χ1) is 16.7. The number of aryl methyl sites for hydroxylation is 1. The monoisotopic (exact) mass is 497 g/mol. The number of rotatable bonds is 6. The molecular formula is C26H28FN3O4S. The third-order valence-electron chi connectivity index (χ3n) is 6.10. The van der Waals surface area contributed by atoms with Crippen LogP contribution in [0.15, 0.2) is 71.6 Å². The van der Waals surface area contributed by atoms with Crippen LogP contribution in [0.4, 0.5) is 15.8 Å². The lowest BCUT2D eigenvalue weighted by Crippen LogP contribution is -2.53. The van der Waals surface area contributed by atoms with Gasteiger partial charge in [-0.2, -0.15) is 4.31 Å². The van der Waals surface area contributed by atoms with Crippen LogP contribution in [-0.2, 0) is 10.0 Å². The molecule has 1 amide bonds. The standard InChI is InChI=1S/C26H28FN3O4S/c1-18-7-6-8-20(15-18)30-14-13-29(17-19(30)2)35(32,33)21-11-12-23(27)22(16-21)26(31)28-24-9-4-5-10-25(24)34-3/h4-12,15-16,19H,13-14,17H2,1-3H3,(H,28,31). The van der Waals surface area contributed by atoms with E-state index in [4.69, 9.17) is 4.74 Å². The van der Waals surface area contributed by atoms with Gasteiger partial charge in [0.15, 0.2) is 0 Å². The third-order valence-corrected chi connectivity index (χ3v) is 7.96. The number of amides is 1. The molecule has 1 aliphatic rings. The molecule has 0 spiro atoms. The number of methoxy groups -OCH3 is 1. The summed E-state index contributed by atoms with van der Waals surface area (Å²) in [5.74, 6) is -1.17. The topological polar surface area (TPSA) is 78.9 Å². The van der Waals surface area contributed by atoms with E-state index in [0.29, 0.717) is 18.0 Å². The number of hydrogen-bond acceptors (Lipinski definition) is 5. The fourth-order valence-electron chi connectivity index (χ4n) is 4.26. The third kappa shape index (κ3) is 5.16. The number of para-hydroxylation sites is 2. The summed E-state index contributed by atoms with van der Waals surface area (Å²) < 4.78 is 48.0. The van der Waals surface area contributed by atoms with E-state index in [0.717, 1.165) is 23.4 Å². The quantitative estimate of drug-likeness (QED) is 0.550. The molecule has 1 unspecified atom stereocenters. The molecule has 0 bridgehead atoms. The van der Waals surface area contributed by atoms with Gasteiger partial charge in [0, 0.05) is 31.4 Å². The molecule has 3 aromatic rings. The van der Waals surface area contributed by atoms with Crippen LogP contribution >= 0.6 is 0 Å². The number of benzene rings is 3. The molecule has 0 radical (unpaired) electrons. The summed E-state index contributed by atoms with van der Waals surface area (Å²) >= 11 is 0. The zero-order valence-corrected chi connectivity index (χ0v) is 20.7. The molecule has 35 heavy (non-hydrogen) atoms. The number of halogens is 1. The Morgan fingerprint density at radius 1 is 1.06 bits per heavy atom. The number of nitrogens with zero attached hydrogens (tertiary/aromatic N) is 2. The zero-order valence-electron chi connectivity index (χ0n) is 19.9. The highest BCUT2D eigenvalue weighted by atomic mass is 32.2. The van der Waals surface area contributed by atoms with Crippen LogP contribution in [-0.4, -0.2) is 51.4 Å². The van der Waals surface area contributed by atoms with Crippen LogP contribution in [0.2, 0.25) is 0 Å². The van der Waals surface area contributed by atoms with Crippen molar-refractivity contribution >= 4 is 27.3 Å². The van der Waals surface area contributed by atoms with Crippen molar-refractivity contribution in [3.63, 3.8) is 0 Å². The lowest BCUT2D eigenvalue weighted by Gasteiger charge is -2.40. The van der Waals surface area contributed by atoms with E-state index in [1.165, 1.54) is 17.5 Å². The van der Waals surface area contributed by atoms with E-state index in [9.17, 15) is 17.6 Å². The Labute approximate surface area is 205 Å². The molecule has 1 N–H and O–H groups in total. The first-order valence-corrected chi connectivity index (χ1v) is 12.7. The van der Waals surface area contributed by atoms with E-state index >= 15 is 0 Å². The molecular weight excluding hydrogens is 469 g/mol. The largest absolute Gasteiger partial charge is 0.495 e. The number of anilines is 2. The first-order valence-electron chi connectivity index (χ1n) is 11.3. The van der Waals surface area contributed by atoms with Crippen molar-refractivity contribution in [2.75, 3.05) is 37.0 Å². The molecule has 1 atom stereocenters. The number of ether oxygens (including phenoxy) is 1. The zero-order chi connectivity index (χ0) is 25.2. The summed E-state index contributed by atoms with van der Waals surface area (Å²) in [6.45, 7) is 5.06. The van der Waals surface area contributed by atoms with Gasteiger partial charge in [0.05, 0.1) is 23.3 Å². The second-order valence-corrected chi connectivity index (χ2v) is 10.5. The second kappa shape index (κ2) is 10.1. The number of piperazine rings is 1. The smallest absolute Gasteiger partial charge is 0.258 e. The van der Waals surface area contributed by atoms with E-state index < -0.39 is 21.7 Å². The summed E-state index contributed by atoms with van der Waals surface area (Å²) in [4.78, 5) is 14.9. The van der Waals surface area contributed by atoms with Crippen molar-refractivity contribution in [2.45, 2.75) is 24.8 Å². The van der Waals surface area contributed by atoms with Crippen molar-refractivity contribution in [1.29, 1.82) is 0 Å². The van der Waals surface area contributed by atoms with E-state index in [-0.39, 0.29) is 29.6 Å². The van der Waals surface area contributed by atoms with Crippen LogP contribution in [0.3, 0.4) is 0 Å². The van der Waals surface area contributed by atoms with E-state index in [1.807, 2.05) is 32.0 Å². The molecule has 0 aliphatic carbocycles. The highest BCUT2D eigenvalue weighted by molar-refractivity contribution is 7.89. The van der Waals surface area contributed by atoms with Crippen LogP contribution < -0.4 is 15.0 Å². The minimum atomic E-state index is -3.93. The molecule has 184 valence electrons. The highest BCUT2D eigenvalue weighted by Gasteiger charge is 2.33. The van der Waals surface area contributed by atoms with Gasteiger partial charge in [-0.3, -0.25) is 4.79 Å². The number of hydrogen-bond donors (Lipinski definition) is 1. The minimum absolute atomic E-state index is 0.0610. The van der Waals surface area contributed by atoms with Crippen molar-refractivity contribution in [3.8, 4) is 5.75 Å². The van der Waals surface area contributed by atoms with Crippen LogP contribution in [0, 0.1) is 12.7 Å². The van der Waals surface area contributed by atoms with Crippen LogP contribution in [0.5, 0.6) is 5.75 Å². The maximum absolute atomic E-state index is 14.6. The van der Waals surface area contributed by atoms with Gasteiger partial charge < -0.3 is 15.0 Å². The molecule has 1 aliphatic heterocycles. The predicted molar refractivity (Wildman–Crippen MR) is 134 cm³/mol. The Kier molecular flexibility index (Phi) is 7.09. The molecule has 1 heterocycles. The SMILES string of the molecule is COc1ccccc1NC(=O)c1cc(S(=O)(=O)N2CCN(c3cccc(C)c3)C(C)C2)ccc1F. The Bertz CT molecular complexity index is 1350. The highest BCUT2D eigenvalue weighted by Crippen LogP contribution is 2.27. The Hall–Kier alpha value is -3.43. The number of sulfonamides is 1. The van der Waals surface area contributed by atoms with Crippen molar-refractivity contribution in [1.82, 2.24) is 4.31 Å². The van der Waals surface area contributed by atoms with Gasteiger partial charge in [0.25, 0.3) is 5.91 Å². The van der Waals surface area contributed by atoms with Gasteiger partial charge in [0.1, 0.15) is 11.6 Å². The van der Waals surface area contributed by atoms with Gasteiger partial charge in [-0.05, 0) is 61.9 Å². The maximum atomic E-state index is 14.6. The van der Waals surface area contributed by atoms with Gasteiger partial charge in [-0.15, -0.1) is 0 Å². The molecule has 9 heteroatoms. The normalized spacial score (nSPS) is 16.7. The summed E-state index contributed by atoms with van der Waals surface area (Å²) in [6, 6.07) is 18.0. The van der Waals surface area contributed by atoms with Crippen LogP contribution in [0.1, 0.15) is 22.8 Å². The molecule has 1 fully saturated rings. The number of carbonyl (C=O) groups excluding carboxylic acids is 1. The summed E-state index contributed by atoms with van der Waals surface area (Å²) in [6.07, 6.45) is 0. The fraction of sp³-hybridized carbons (Fsp3) is 0.269. The average Bonchev–Trinajstić information content (AvgIpc) is 2.84. The van der Waals surface area contributed by atoms with E-state index in [2.05, 4.69) is 16.3 Å². The lowest BCUT2D eigenvalue weighted by molar-refractivity contribution is 0.102. The average molecular weight is 498 g/mol. The summed E-state index contributed by atoms with van der Waals surface area (Å²) in [5, 5.41) is 2.59. The minimum Gasteiger partial charge on any atom is -0.495 e. The van der Waals surface area contributed by atoms with E-state index in [1.54, 1.807) is 24.3 Å². The molecule has 4 rings (SSSR count). The van der Waals surface area contributed by atoms with Crippen LogP contribution in [0.25, 0.3) is 0 Å². The second-order valence-electron chi connectivity index (χ2n) is 8.54. The van der Waals surface area contributed by atoms with Crippen molar-refractivity contribution < 1.29 is 22.3 Å². The number of nitrogens with one attached hydrogen (secondary N) is 1. The predicted octanol–water partition coefficient (Wildman–Crippen LogP) is 4.29. The van der Waals surface area contributed by atoms with Gasteiger partial charge in [0.2, 0.25) is 10.0 Å². The summed E-state index contributed by atoms with van der Waals surface area (Å²) in [5.41, 5.74) is 2.18. The molecule has 0 aromatic heterocycles. The first kappa shape index (κ1) is 24.7. The Morgan fingerprint density at radius 2 is 1.83 bits per heavy atom.